The Morgan fingerprint density at radius 1 is 0.870 bits per heavy atom. The topological polar surface area (TPSA) is 26.3 Å². The first-order valence-electron chi connectivity index (χ1n) is 5.66. The van der Waals surface area contributed by atoms with Gasteiger partial charge in [-0.15, -0.1) is 0 Å². The Labute approximate surface area is 121 Å². The monoisotopic (exact) mass is 370 g/mol. The van der Waals surface area contributed by atoms with Crippen LogP contribution in [0.2, 0.25) is 0 Å². The number of hydrogen-bond acceptors (Lipinski definition) is 2. The largest absolute Gasteiger partial charge is 0.462 e. The summed E-state index contributed by atoms with van der Waals surface area (Å²) in [6, 6.07) is 0. The summed E-state index contributed by atoms with van der Waals surface area (Å²) in [5.41, 5.74) is 0. The lowest BCUT2D eigenvalue weighted by Gasteiger charge is -2.37. The van der Waals surface area contributed by atoms with Gasteiger partial charge in [-0.2, -0.15) is 35.1 Å². The van der Waals surface area contributed by atoms with E-state index in [1.165, 1.54) is 0 Å². The first-order chi connectivity index (χ1) is 10.1. The summed E-state index contributed by atoms with van der Waals surface area (Å²) in [6.07, 6.45) is -10.3. The summed E-state index contributed by atoms with van der Waals surface area (Å²) >= 11 is 0. The van der Waals surface area contributed by atoms with Crippen molar-refractivity contribution in [3.63, 3.8) is 0 Å². The Hall–Kier alpha value is -1.30. The molecule has 0 saturated heterocycles. The first kappa shape index (κ1) is 21.7. The molecule has 0 fully saturated rings. The van der Waals surface area contributed by atoms with E-state index in [0.29, 0.717) is 0 Å². The average Bonchev–Trinajstić information content (AvgIpc) is 2.42. The maximum absolute atomic E-state index is 13.1. The summed E-state index contributed by atoms with van der Waals surface area (Å²) in [6.45, 7) is -1.08. The van der Waals surface area contributed by atoms with Crippen LogP contribution in [0, 0.1) is 0 Å². The van der Waals surface area contributed by atoms with E-state index < -0.39 is 55.3 Å². The minimum absolute atomic E-state index is 0.520. The highest BCUT2D eigenvalue weighted by Crippen LogP contribution is 2.55. The second-order valence-corrected chi connectivity index (χ2v) is 4.20. The van der Waals surface area contributed by atoms with Crippen molar-refractivity contribution in [2.75, 3.05) is 6.61 Å². The number of alkyl halides is 11. The number of esters is 1. The first-order valence-corrected chi connectivity index (χ1v) is 5.66. The number of ether oxygens (including phenoxy) is 1. The molecule has 1 atom stereocenters. The SMILES string of the molecule is CCC(=O)OCC(F)C(F)(F)C(F)(F)C(F)(F)C(F)(F)C(F)F. The molecule has 0 rings (SSSR count). The Kier molecular flexibility index (Phi) is 6.29. The van der Waals surface area contributed by atoms with E-state index in [2.05, 4.69) is 4.74 Å². The molecule has 0 aliphatic carbocycles. The van der Waals surface area contributed by atoms with Crippen LogP contribution in [-0.4, -0.2) is 48.9 Å². The molecule has 0 radical (unpaired) electrons. The Bertz CT molecular complexity index is 421. The normalized spacial score (nSPS) is 15.7. The van der Waals surface area contributed by atoms with Gasteiger partial charge in [0.15, 0.2) is 0 Å². The fourth-order valence-electron chi connectivity index (χ4n) is 1.13. The fourth-order valence-corrected chi connectivity index (χ4v) is 1.13. The zero-order valence-corrected chi connectivity index (χ0v) is 11.0. The van der Waals surface area contributed by atoms with Gasteiger partial charge in [-0.1, -0.05) is 6.92 Å². The van der Waals surface area contributed by atoms with Crippen molar-refractivity contribution in [3.8, 4) is 0 Å². The van der Waals surface area contributed by atoms with Crippen molar-refractivity contribution in [1.82, 2.24) is 0 Å². The van der Waals surface area contributed by atoms with Gasteiger partial charge < -0.3 is 4.74 Å². The lowest BCUT2D eigenvalue weighted by Crippen LogP contribution is -2.66. The Morgan fingerprint density at radius 3 is 1.61 bits per heavy atom. The predicted octanol–water partition coefficient (Wildman–Crippen LogP) is 4.08. The van der Waals surface area contributed by atoms with Gasteiger partial charge in [-0.3, -0.25) is 4.79 Å². The zero-order chi connectivity index (χ0) is 18.9. The van der Waals surface area contributed by atoms with E-state index in [9.17, 15) is 53.1 Å². The van der Waals surface area contributed by atoms with Crippen LogP contribution in [0.1, 0.15) is 13.3 Å². The molecule has 23 heavy (non-hydrogen) atoms. The summed E-state index contributed by atoms with van der Waals surface area (Å²) in [5, 5.41) is 0. The third-order valence-corrected chi connectivity index (χ3v) is 2.58. The molecule has 2 nitrogen and oxygen atoms in total. The van der Waals surface area contributed by atoms with Gasteiger partial charge in [-0.05, 0) is 0 Å². The van der Waals surface area contributed by atoms with Crippen LogP contribution in [0.15, 0.2) is 0 Å². The van der Waals surface area contributed by atoms with Crippen LogP contribution >= 0.6 is 0 Å². The van der Waals surface area contributed by atoms with Crippen molar-refractivity contribution >= 4 is 5.97 Å². The maximum atomic E-state index is 13.1. The van der Waals surface area contributed by atoms with Gasteiger partial charge in [0.2, 0.25) is 6.17 Å². The molecule has 0 aromatic heterocycles. The van der Waals surface area contributed by atoms with Crippen LogP contribution in [0.3, 0.4) is 0 Å². The van der Waals surface area contributed by atoms with Crippen LogP contribution in [0.4, 0.5) is 48.3 Å². The van der Waals surface area contributed by atoms with E-state index in [-0.39, 0.29) is 0 Å². The number of carbonyl (C=O) groups is 1. The number of halogens is 11. The van der Waals surface area contributed by atoms with Crippen molar-refractivity contribution in [2.24, 2.45) is 0 Å². The van der Waals surface area contributed by atoms with Gasteiger partial charge in [0, 0.05) is 6.42 Å². The number of hydrogen-bond donors (Lipinski definition) is 0. The number of rotatable bonds is 8. The molecule has 138 valence electrons. The summed E-state index contributed by atoms with van der Waals surface area (Å²) in [5.74, 6) is -29.2. The molecule has 0 saturated carbocycles. The summed E-state index contributed by atoms with van der Waals surface area (Å²) in [7, 11) is 0. The van der Waals surface area contributed by atoms with Gasteiger partial charge >= 0.3 is 36.1 Å². The van der Waals surface area contributed by atoms with E-state index in [0.717, 1.165) is 6.92 Å². The zero-order valence-electron chi connectivity index (χ0n) is 11.0. The second kappa shape index (κ2) is 6.67. The third-order valence-electron chi connectivity index (χ3n) is 2.58. The van der Waals surface area contributed by atoms with E-state index in [4.69, 9.17) is 0 Å². The van der Waals surface area contributed by atoms with Crippen LogP contribution < -0.4 is 0 Å². The molecule has 0 amide bonds. The molecular weight excluding hydrogens is 361 g/mol. The maximum Gasteiger partial charge on any atom is 0.384 e. The van der Waals surface area contributed by atoms with Gasteiger partial charge in [0.1, 0.15) is 6.61 Å². The Morgan fingerprint density at radius 2 is 1.26 bits per heavy atom. The lowest BCUT2D eigenvalue weighted by molar-refractivity contribution is -0.391. The van der Waals surface area contributed by atoms with E-state index in [1.54, 1.807) is 0 Å². The smallest absolute Gasteiger partial charge is 0.384 e. The summed E-state index contributed by atoms with van der Waals surface area (Å²) < 4.78 is 143. The van der Waals surface area contributed by atoms with Crippen molar-refractivity contribution in [2.45, 2.75) is 49.6 Å². The average molecular weight is 370 g/mol. The molecule has 0 aromatic carbocycles. The fraction of sp³-hybridized carbons (Fsp3) is 0.900. The van der Waals surface area contributed by atoms with Crippen molar-refractivity contribution in [1.29, 1.82) is 0 Å². The van der Waals surface area contributed by atoms with Gasteiger partial charge in [0.25, 0.3) is 0 Å². The second-order valence-electron chi connectivity index (χ2n) is 4.20. The number of carbonyl (C=O) groups excluding carboxylic acids is 1. The van der Waals surface area contributed by atoms with Gasteiger partial charge in [-0.25, -0.2) is 13.2 Å². The summed E-state index contributed by atoms with van der Waals surface area (Å²) in [4.78, 5) is 10.5. The molecule has 0 spiro atoms. The molecule has 13 heteroatoms. The molecule has 0 heterocycles. The van der Waals surface area contributed by atoms with E-state index >= 15 is 0 Å². The minimum Gasteiger partial charge on any atom is -0.462 e. The highest BCUT2D eigenvalue weighted by Gasteiger charge is 2.84. The quantitative estimate of drug-likeness (QED) is 0.475. The van der Waals surface area contributed by atoms with Crippen LogP contribution in [0.5, 0.6) is 0 Å². The standard InChI is InChI=1S/C10H9F11O2/c1-2-5(22)23-3-4(11)7(14,15)9(18,19)10(20,21)8(16,17)6(12)13/h4,6H,2-3H2,1H3. The molecule has 0 bridgehead atoms. The molecule has 0 aliphatic heterocycles. The van der Waals surface area contributed by atoms with Crippen molar-refractivity contribution < 1.29 is 57.8 Å². The minimum atomic E-state index is -7.28. The highest BCUT2D eigenvalue weighted by molar-refractivity contribution is 5.68. The highest BCUT2D eigenvalue weighted by atomic mass is 19.4. The van der Waals surface area contributed by atoms with E-state index in [1.807, 2.05) is 0 Å². The lowest BCUT2D eigenvalue weighted by atomic mass is 9.96. The molecule has 0 aromatic rings. The van der Waals surface area contributed by atoms with Crippen LogP contribution in [-0.2, 0) is 9.53 Å². The predicted molar refractivity (Wildman–Crippen MR) is 51.9 cm³/mol. The molecule has 1 unspecified atom stereocenters. The van der Waals surface area contributed by atoms with Gasteiger partial charge in [0.05, 0.1) is 0 Å². The molecular formula is C10H9F11O2. The molecule has 0 N–H and O–H groups in total. The van der Waals surface area contributed by atoms with Crippen LogP contribution in [0.25, 0.3) is 0 Å². The third kappa shape index (κ3) is 3.62. The Balaban J connectivity index is 5.56. The van der Waals surface area contributed by atoms with Crippen molar-refractivity contribution in [3.05, 3.63) is 0 Å². The molecule has 0 aliphatic rings.